The molecule has 3 rings (SSSR count). The van der Waals surface area contributed by atoms with Gasteiger partial charge >= 0.3 is 6.09 Å². The number of nitrogens with one attached hydrogen (secondary N) is 3. The molecular weight excluding hydrogens is 478 g/mol. The van der Waals surface area contributed by atoms with Crippen LogP contribution in [-0.2, 0) is 25.7 Å². The van der Waals surface area contributed by atoms with Gasteiger partial charge in [-0.05, 0) is 56.4 Å². The van der Waals surface area contributed by atoms with E-state index in [4.69, 9.17) is 5.11 Å². The summed E-state index contributed by atoms with van der Waals surface area (Å²) < 4.78 is 0. The number of fused-ring (bicyclic) bond motifs is 1. The van der Waals surface area contributed by atoms with E-state index in [1.807, 2.05) is 6.07 Å². The number of carbonyl (C=O) groups is 5. The highest BCUT2D eigenvalue weighted by atomic mass is 16.4. The fourth-order valence-corrected chi connectivity index (χ4v) is 4.82. The number of carboxylic acid groups (broad SMARTS) is 1. The van der Waals surface area contributed by atoms with Crippen molar-refractivity contribution in [3.8, 4) is 0 Å². The first-order chi connectivity index (χ1) is 17.6. The van der Waals surface area contributed by atoms with Gasteiger partial charge in [0.05, 0.1) is 0 Å². The Balaban J connectivity index is 1.67. The second-order valence-corrected chi connectivity index (χ2v) is 9.52. The summed E-state index contributed by atoms with van der Waals surface area (Å²) >= 11 is 0. The van der Waals surface area contributed by atoms with Crippen LogP contribution in [-0.4, -0.2) is 75.8 Å². The number of amides is 5. The first-order valence-electron chi connectivity index (χ1n) is 12.5. The lowest BCUT2D eigenvalue weighted by Gasteiger charge is -2.35. The van der Waals surface area contributed by atoms with Crippen LogP contribution in [0, 0.1) is 0 Å². The SMILES string of the molecule is C=CC(=O)Nc1cccc(CNC(=O)[C@@H]2CC[C@@H]3CCCC[C@H](NC(=O)[C@H](C)N(C)C(=O)O)C(=O)N32)c1. The van der Waals surface area contributed by atoms with Gasteiger partial charge in [0, 0.05) is 25.3 Å². The van der Waals surface area contributed by atoms with E-state index < -0.39 is 30.1 Å². The average Bonchev–Trinajstić information content (AvgIpc) is 3.30. The molecule has 2 heterocycles. The standard InChI is InChI=1S/C26H35N5O6/c1-4-22(32)28-18-9-7-8-17(14-18)15-27-24(34)21-13-12-19-10-5-6-11-20(25(35)31(19)21)29-23(33)16(2)30(3)26(36)37/h4,7-9,14,16,19-21H,1,5-6,10-13,15H2,2-3H3,(H,27,34)(H,28,32)(H,29,33)(H,36,37)/t16-,19-,20-,21-/m0/s1. The van der Waals surface area contributed by atoms with Crippen molar-refractivity contribution in [1.82, 2.24) is 20.4 Å². The van der Waals surface area contributed by atoms with Crippen molar-refractivity contribution in [2.75, 3.05) is 12.4 Å². The fraction of sp³-hybridized carbons (Fsp3) is 0.500. The quantitative estimate of drug-likeness (QED) is 0.390. The van der Waals surface area contributed by atoms with Crippen molar-refractivity contribution >= 4 is 35.4 Å². The first-order valence-corrected chi connectivity index (χ1v) is 12.5. The van der Waals surface area contributed by atoms with Gasteiger partial charge in [0.25, 0.3) is 0 Å². The maximum absolute atomic E-state index is 13.6. The van der Waals surface area contributed by atoms with Crippen LogP contribution in [0.2, 0.25) is 0 Å². The highest BCUT2D eigenvalue weighted by Gasteiger charge is 2.44. The molecule has 11 heteroatoms. The Labute approximate surface area is 216 Å². The summed E-state index contributed by atoms with van der Waals surface area (Å²) in [6.45, 7) is 5.11. The van der Waals surface area contributed by atoms with Gasteiger partial charge in [0.15, 0.2) is 0 Å². The number of nitrogens with zero attached hydrogens (tertiary/aromatic N) is 2. The molecule has 2 saturated heterocycles. The number of carbonyl (C=O) groups excluding carboxylic acids is 4. The van der Waals surface area contributed by atoms with Crippen LogP contribution in [0.1, 0.15) is 51.0 Å². The molecule has 0 saturated carbocycles. The number of hydrogen-bond donors (Lipinski definition) is 4. The molecule has 0 radical (unpaired) electrons. The zero-order valence-electron chi connectivity index (χ0n) is 21.2. The van der Waals surface area contributed by atoms with Crippen molar-refractivity contribution < 1.29 is 29.1 Å². The molecular formula is C26H35N5O6. The molecule has 1 aromatic rings. The number of rotatable bonds is 8. The van der Waals surface area contributed by atoms with E-state index in [9.17, 15) is 24.0 Å². The fourth-order valence-electron chi connectivity index (χ4n) is 4.82. The lowest BCUT2D eigenvalue weighted by Crippen LogP contribution is -2.58. The largest absolute Gasteiger partial charge is 0.465 e. The topological polar surface area (TPSA) is 148 Å². The maximum Gasteiger partial charge on any atom is 0.407 e. The Morgan fingerprint density at radius 3 is 2.62 bits per heavy atom. The minimum Gasteiger partial charge on any atom is -0.465 e. The van der Waals surface area contributed by atoms with E-state index in [0.29, 0.717) is 24.9 Å². The van der Waals surface area contributed by atoms with E-state index >= 15 is 0 Å². The van der Waals surface area contributed by atoms with Crippen molar-refractivity contribution in [2.24, 2.45) is 0 Å². The molecule has 37 heavy (non-hydrogen) atoms. The van der Waals surface area contributed by atoms with Crippen molar-refractivity contribution in [2.45, 2.75) is 76.2 Å². The van der Waals surface area contributed by atoms with E-state index in [0.717, 1.165) is 29.7 Å². The smallest absolute Gasteiger partial charge is 0.407 e. The predicted molar refractivity (Wildman–Crippen MR) is 136 cm³/mol. The average molecular weight is 514 g/mol. The van der Waals surface area contributed by atoms with E-state index in [1.54, 1.807) is 23.1 Å². The molecule has 2 aliphatic rings. The second-order valence-electron chi connectivity index (χ2n) is 9.52. The summed E-state index contributed by atoms with van der Waals surface area (Å²) in [5.41, 5.74) is 1.36. The number of benzene rings is 1. The molecule has 0 aliphatic carbocycles. The van der Waals surface area contributed by atoms with Crippen molar-refractivity contribution in [1.29, 1.82) is 0 Å². The lowest BCUT2D eigenvalue weighted by atomic mass is 9.98. The highest BCUT2D eigenvalue weighted by Crippen LogP contribution is 2.31. The van der Waals surface area contributed by atoms with Crippen LogP contribution < -0.4 is 16.0 Å². The minimum atomic E-state index is -1.24. The summed E-state index contributed by atoms with van der Waals surface area (Å²) in [7, 11) is 1.30. The molecule has 0 unspecified atom stereocenters. The summed E-state index contributed by atoms with van der Waals surface area (Å²) in [5.74, 6) is -1.47. The van der Waals surface area contributed by atoms with Crippen LogP contribution in [0.15, 0.2) is 36.9 Å². The Hall–Kier alpha value is -3.89. The zero-order valence-corrected chi connectivity index (χ0v) is 21.2. The van der Waals surface area contributed by atoms with Crippen LogP contribution in [0.4, 0.5) is 10.5 Å². The molecule has 2 fully saturated rings. The minimum absolute atomic E-state index is 0.0838. The Bertz CT molecular complexity index is 1060. The van der Waals surface area contributed by atoms with Crippen molar-refractivity contribution in [3.63, 3.8) is 0 Å². The molecule has 4 atom stereocenters. The van der Waals surface area contributed by atoms with E-state index in [2.05, 4.69) is 22.5 Å². The van der Waals surface area contributed by atoms with E-state index in [1.165, 1.54) is 20.0 Å². The van der Waals surface area contributed by atoms with Gasteiger partial charge in [-0.2, -0.15) is 0 Å². The highest BCUT2D eigenvalue weighted by molar-refractivity contribution is 5.99. The van der Waals surface area contributed by atoms with Gasteiger partial charge < -0.3 is 26.0 Å². The van der Waals surface area contributed by atoms with Crippen LogP contribution in [0.5, 0.6) is 0 Å². The monoisotopic (exact) mass is 513 g/mol. The Kier molecular flexibility index (Phi) is 9.26. The summed E-state index contributed by atoms with van der Waals surface area (Å²) in [6, 6.07) is 4.55. The van der Waals surface area contributed by atoms with Crippen molar-refractivity contribution in [3.05, 3.63) is 42.5 Å². The number of likely N-dealkylation sites (N-methyl/N-ethyl adjacent to an activating group) is 1. The van der Waals surface area contributed by atoms with Gasteiger partial charge in [-0.15, -0.1) is 0 Å². The molecule has 1 aromatic carbocycles. The summed E-state index contributed by atoms with van der Waals surface area (Å²) in [6.07, 6.45) is 3.99. The summed E-state index contributed by atoms with van der Waals surface area (Å²) in [5, 5.41) is 17.5. The van der Waals surface area contributed by atoms with E-state index in [-0.39, 0.29) is 30.3 Å². The van der Waals surface area contributed by atoms with Crippen LogP contribution >= 0.6 is 0 Å². The molecule has 4 N–H and O–H groups in total. The van der Waals surface area contributed by atoms with Gasteiger partial charge in [0.1, 0.15) is 18.1 Å². The normalized spacial score (nSPS) is 22.1. The first kappa shape index (κ1) is 27.7. The molecule has 200 valence electrons. The van der Waals surface area contributed by atoms with Crippen LogP contribution in [0.25, 0.3) is 0 Å². The zero-order chi connectivity index (χ0) is 27.1. The Morgan fingerprint density at radius 1 is 1.19 bits per heavy atom. The van der Waals surface area contributed by atoms with Gasteiger partial charge in [-0.1, -0.05) is 31.6 Å². The molecule has 0 spiro atoms. The third-order valence-corrected chi connectivity index (χ3v) is 7.06. The predicted octanol–water partition coefficient (Wildman–Crippen LogP) is 1.84. The third-order valence-electron chi connectivity index (χ3n) is 7.06. The second kappa shape index (κ2) is 12.4. The maximum atomic E-state index is 13.6. The van der Waals surface area contributed by atoms with Gasteiger partial charge in [0.2, 0.25) is 23.6 Å². The number of hydrogen-bond acceptors (Lipinski definition) is 5. The molecule has 0 bridgehead atoms. The van der Waals surface area contributed by atoms with Gasteiger partial charge in [-0.3, -0.25) is 24.1 Å². The molecule has 2 aliphatic heterocycles. The third kappa shape index (κ3) is 6.87. The lowest BCUT2D eigenvalue weighted by molar-refractivity contribution is -0.144. The molecule has 5 amide bonds. The Morgan fingerprint density at radius 2 is 1.92 bits per heavy atom. The van der Waals surface area contributed by atoms with Gasteiger partial charge in [-0.25, -0.2) is 4.79 Å². The summed E-state index contributed by atoms with van der Waals surface area (Å²) in [4.78, 5) is 64.7. The van der Waals surface area contributed by atoms with Crippen LogP contribution in [0.3, 0.4) is 0 Å². The molecule has 11 nitrogen and oxygen atoms in total. The molecule has 0 aromatic heterocycles. The number of anilines is 1.